The van der Waals surface area contributed by atoms with Crippen molar-refractivity contribution < 1.29 is 14.7 Å². The number of aliphatic carboxylic acids is 1. The van der Waals surface area contributed by atoms with E-state index in [2.05, 4.69) is 12.2 Å². The van der Waals surface area contributed by atoms with Crippen LogP contribution in [-0.4, -0.2) is 40.1 Å². The number of hydrogen-bond donors (Lipinski definition) is 2. The molecule has 0 bridgehead atoms. The number of piperidine rings is 1. The van der Waals surface area contributed by atoms with E-state index in [-0.39, 0.29) is 12.1 Å². The number of urea groups is 1. The van der Waals surface area contributed by atoms with Crippen molar-refractivity contribution in [2.45, 2.75) is 70.4 Å². The fourth-order valence-corrected chi connectivity index (χ4v) is 3.32. The quantitative estimate of drug-likeness (QED) is 0.818. The van der Waals surface area contributed by atoms with Crippen LogP contribution in [-0.2, 0) is 4.79 Å². The van der Waals surface area contributed by atoms with Gasteiger partial charge in [-0.25, -0.2) is 9.59 Å². The summed E-state index contributed by atoms with van der Waals surface area (Å²) in [6.45, 7) is 4.91. The Balaban J connectivity index is 2.04. The molecule has 1 aliphatic carbocycles. The number of hydrogen-bond acceptors (Lipinski definition) is 2. The largest absolute Gasteiger partial charge is 0.480 e. The second-order valence-corrected chi connectivity index (χ2v) is 6.54. The van der Waals surface area contributed by atoms with Gasteiger partial charge in [0, 0.05) is 12.6 Å². The zero-order valence-corrected chi connectivity index (χ0v) is 12.5. The highest BCUT2D eigenvalue weighted by Crippen LogP contribution is 2.32. The molecule has 2 fully saturated rings. The fourth-order valence-electron chi connectivity index (χ4n) is 3.32. The maximum atomic E-state index is 12.4. The van der Waals surface area contributed by atoms with Crippen LogP contribution in [0.2, 0.25) is 0 Å². The van der Waals surface area contributed by atoms with Gasteiger partial charge in [0.1, 0.15) is 5.54 Å². The Bertz CT molecular complexity index is 375. The minimum absolute atomic E-state index is 0.200. The van der Waals surface area contributed by atoms with Crippen molar-refractivity contribution in [2.75, 3.05) is 6.54 Å². The lowest BCUT2D eigenvalue weighted by Gasteiger charge is -2.40. The number of carbonyl (C=O) groups excluding carboxylic acids is 1. The van der Waals surface area contributed by atoms with Crippen molar-refractivity contribution in [1.82, 2.24) is 10.2 Å². The Morgan fingerprint density at radius 3 is 2.35 bits per heavy atom. The van der Waals surface area contributed by atoms with Gasteiger partial charge in [0.25, 0.3) is 0 Å². The van der Waals surface area contributed by atoms with Gasteiger partial charge in [0.2, 0.25) is 0 Å². The Morgan fingerprint density at radius 1 is 1.15 bits per heavy atom. The van der Waals surface area contributed by atoms with Crippen molar-refractivity contribution in [1.29, 1.82) is 0 Å². The van der Waals surface area contributed by atoms with Crippen LogP contribution in [0.25, 0.3) is 0 Å². The molecule has 1 heterocycles. The third kappa shape index (κ3) is 3.07. The number of carbonyl (C=O) groups is 2. The second-order valence-electron chi connectivity index (χ2n) is 6.54. The average molecular weight is 282 g/mol. The number of nitrogens with zero attached hydrogens (tertiary/aromatic N) is 1. The number of amides is 2. The predicted molar refractivity (Wildman–Crippen MR) is 76.5 cm³/mol. The molecule has 0 spiro atoms. The number of likely N-dealkylation sites (tertiary alicyclic amines) is 1. The average Bonchev–Trinajstić information content (AvgIpc) is 2.41. The molecule has 2 amide bonds. The Labute approximate surface area is 120 Å². The highest BCUT2D eigenvalue weighted by molar-refractivity contribution is 5.86. The van der Waals surface area contributed by atoms with Crippen molar-refractivity contribution in [2.24, 2.45) is 5.92 Å². The fraction of sp³-hybridized carbons (Fsp3) is 0.867. The van der Waals surface area contributed by atoms with Crippen molar-refractivity contribution in [3.63, 3.8) is 0 Å². The lowest BCUT2D eigenvalue weighted by molar-refractivity contribution is -0.146. The van der Waals surface area contributed by atoms with Gasteiger partial charge in [-0.05, 0) is 57.8 Å². The summed E-state index contributed by atoms with van der Waals surface area (Å²) >= 11 is 0. The summed E-state index contributed by atoms with van der Waals surface area (Å²) in [7, 11) is 0. The minimum atomic E-state index is -1.05. The molecule has 2 N–H and O–H groups in total. The molecule has 0 aromatic carbocycles. The van der Waals surface area contributed by atoms with Crippen LogP contribution < -0.4 is 5.32 Å². The molecule has 1 atom stereocenters. The SMILES string of the molecule is CC1CCC(NC(=O)N2CCCCC2C)(C(=O)O)CC1. The van der Waals surface area contributed by atoms with E-state index in [1.165, 1.54) is 0 Å². The van der Waals surface area contributed by atoms with Crippen LogP contribution in [0, 0.1) is 5.92 Å². The molecule has 5 heteroatoms. The number of carboxylic acids is 1. The van der Waals surface area contributed by atoms with E-state index in [9.17, 15) is 14.7 Å². The van der Waals surface area contributed by atoms with E-state index < -0.39 is 11.5 Å². The van der Waals surface area contributed by atoms with Crippen LogP contribution in [0.1, 0.15) is 58.8 Å². The van der Waals surface area contributed by atoms with Gasteiger partial charge in [-0.15, -0.1) is 0 Å². The molecule has 0 aromatic rings. The summed E-state index contributed by atoms with van der Waals surface area (Å²) in [5.74, 6) is -0.337. The summed E-state index contributed by atoms with van der Waals surface area (Å²) in [5, 5.41) is 12.4. The van der Waals surface area contributed by atoms with Crippen LogP contribution >= 0.6 is 0 Å². The van der Waals surface area contributed by atoms with Crippen LogP contribution in [0.15, 0.2) is 0 Å². The normalized spacial score (nSPS) is 34.6. The van der Waals surface area contributed by atoms with Gasteiger partial charge in [-0.3, -0.25) is 0 Å². The molecule has 1 aliphatic heterocycles. The lowest BCUT2D eigenvalue weighted by atomic mass is 9.77. The smallest absolute Gasteiger partial charge is 0.329 e. The minimum Gasteiger partial charge on any atom is -0.480 e. The van der Waals surface area contributed by atoms with Gasteiger partial charge >= 0.3 is 12.0 Å². The van der Waals surface area contributed by atoms with Gasteiger partial charge < -0.3 is 15.3 Å². The Kier molecular flexibility index (Phi) is 4.55. The molecule has 20 heavy (non-hydrogen) atoms. The van der Waals surface area contributed by atoms with Crippen molar-refractivity contribution in [3.05, 3.63) is 0 Å². The molecule has 2 aliphatic rings. The monoisotopic (exact) mass is 282 g/mol. The first-order valence-corrected chi connectivity index (χ1v) is 7.77. The first-order chi connectivity index (χ1) is 9.44. The zero-order valence-electron chi connectivity index (χ0n) is 12.5. The topological polar surface area (TPSA) is 69.6 Å². The summed E-state index contributed by atoms with van der Waals surface area (Å²) in [6, 6.07) is 0.00580. The molecule has 114 valence electrons. The second kappa shape index (κ2) is 6.02. The molecule has 0 radical (unpaired) electrons. The molecular weight excluding hydrogens is 256 g/mol. The summed E-state index contributed by atoms with van der Waals surface area (Å²) in [4.78, 5) is 25.9. The van der Waals surface area contributed by atoms with E-state index in [4.69, 9.17) is 0 Å². The maximum Gasteiger partial charge on any atom is 0.329 e. The molecular formula is C15H26N2O3. The molecule has 5 nitrogen and oxygen atoms in total. The Hall–Kier alpha value is -1.26. The predicted octanol–water partition coefficient (Wildman–Crippen LogP) is 2.60. The maximum absolute atomic E-state index is 12.4. The van der Waals surface area contributed by atoms with Crippen LogP contribution in [0.4, 0.5) is 4.79 Å². The zero-order chi connectivity index (χ0) is 14.8. The molecule has 1 saturated carbocycles. The van der Waals surface area contributed by atoms with Crippen LogP contribution in [0.5, 0.6) is 0 Å². The van der Waals surface area contributed by atoms with Gasteiger partial charge in [0.05, 0.1) is 0 Å². The standard InChI is InChI=1S/C15H26N2O3/c1-11-6-8-15(9-7-11,13(18)19)16-14(20)17-10-4-3-5-12(17)2/h11-12H,3-10H2,1-2H3,(H,16,20)(H,18,19). The first-order valence-electron chi connectivity index (χ1n) is 7.77. The molecule has 1 unspecified atom stereocenters. The van der Waals surface area contributed by atoms with E-state index in [0.29, 0.717) is 18.8 Å². The summed E-state index contributed by atoms with van der Waals surface area (Å²) in [5.41, 5.74) is -1.05. The first kappa shape index (κ1) is 15.1. The highest BCUT2D eigenvalue weighted by Gasteiger charge is 2.43. The van der Waals surface area contributed by atoms with Crippen LogP contribution in [0.3, 0.4) is 0 Å². The lowest BCUT2D eigenvalue weighted by Crippen LogP contribution is -2.60. The van der Waals surface area contributed by atoms with Gasteiger partial charge in [-0.2, -0.15) is 0 Å². The van der Waals surface area contributed by atoms with E-state index in [1.807, 2.05) is 6.92 Å². The number of carboxylic acid groups (broad SMARTS) is 1. The molecule has 0 aromatic heterocycles. The molecule has 2 rings (SSSR count). The van der Waals surface area contributed by atoms with Gasteiger partial charge in [0.15, 0.2) is 0 Å². The third-order valence-corrected chi connectivity index (χ3v) is 4.95. The van der Waals surface area contributed by atoms with Gasteiger partial charge in [-0.1, -0.05) is 6.92 Å². The van der Waals surface area contributed by atoms with E-state index in [0.717, 1.165) is 38.6 Å². The molecule has 1 saturated heterocycles. The third-order valence-electron chi connectivity index (χ3n) is 4.95. The highest BCUT2D eigenvalue weighted by atomic mass is 16.4. The van der Waals surface area contributed by atoms with E-state index >= 15 is 0 Å². The summed E-state index contributed by atoms with van der Waals surface area (Å²) in [6.07, 6.45) is 5.96. The van der Waals surface area contributed by atoms with Crippen molar-refractivity contribution in [3.8, 4) is 0 Å². The number of nitrogens with one attached hydrogen (secondary N) is 1. The van der Waals surface area contributed by atoms with E-state index in [1.54, 1.807) is 4.90 Å². The Morgan fingerprint density at radius 2 is 1.80 bits per heavy atom. The van der Waals surface area contributed by atoms with Crippen molar-refractivity contribution >= 4 is 12.0 Å². The number of rotatable bonds is 2. The summed E-state index contributed by atoms with van der Waals surface area (Å²) < 4.78 is 0.